The summed E-state index contributed by atoms with van der Waals surface area (Å²) in [5.74, 6) is 1.25. The topological polar surface area (TPSA) is 58.1 Å². The molecular formula is C21H22N4OS. The average Bonchev–Trinajstić information content (AvgIpc) is 3.25. The highest BCUT2D eigenvalue weighted by Gasteiger charge is 2.20. The number of hydrogen-bond acceptors (Lipinski definition) is 5. The molecule has 1 saturated heterocycles. The van der Waals surface area contributed by atoms with Crippen LogP contribution in [-0.2, 0) is 11.3 Å². The van der Waals surface area contributed by atoms with Crippen molar-refractivity contribution in [2.45, 2.75) is 24.4 Å². The van der Waals surface area contributed by atoms with Gasteiger partial charge in [-0.2, -0.15) is 0 Å². The monoisotopic (exact) mass is 378 g/mol. The van der Waals surface area contributed by atoms with Gasteiger partial charge in [0.25, 0.3) is 0 Å². The molecule has 0 atom stereocenters. The lowest BCUT2D eigenvalue weighted by molar-refractivity contribution is -0.118. The molecule has 2 aromatic carbocycles. The highest BCUT2D eigenvalue weighted by atomic mass is 32.2. The number of nitrogens with zero attached hydrogens (tertiary/aromatic N) is 3. The predicted molar refractivity (Wildman–Crippen MR) is 110 cm³/mol. The van der Waals surface area contributed by atoms with Crippen molar-refractivity contribution >= 4 is 34.5 Å². The van der Waals surface area contributed by atoms with Crippen LogP contribution in [0, 0.1) is 0 Å². The van der Waals surface area contributed by atoms with E-state index in [-0.39, 0.29) is 5.91 Å². The van der Waals surface area contributed by atoms with E-state index in [9.17, 15) is 4.79 Å². The maximum Gasteiger partial charge on any atom is 0.230 e. The SMILES string of the molecule is O=C(CSc1nc2ccccc2nc1N1CCCC1)NCc1ccccc1. The van der Waals surface area contributed by atoms with Crippen LogP contribution in [0.2, 0.25) is 0 Å². The van der Waals surface area contributed by atoms with Crippen LogP contribution in [0.4, 0.5) is 5.82 Å². The maximum atomic E-state index is 12.3. The van der Waals surface area contributed by atoms with Gasteiger partial charge in [0.15, 0.2) is 5.82 Å². The Bertz CT molecular complexity index is 926. The smallest absolute Gasteiger partial charge is 0.230 e. The van der Waals surface area contributed by atoms with Crippen molar-refractivity contribution in [2.75, 3.05) is 23.7 Å². The van der Waals surface area contributed by atoms with Gasteiger partial charge in [0, 0.05) is 19.6 Å². The van der Waals surface area contributed by atoms with E-state index >= 15 is 0 Å². The summed E-state index contributed by atoms with van der Waals surface area (Å²) in [5.41, 5.74) is 2.86. The number of rotatable bonds is 6. The van der Waals surface area contributed by atoms with E-state index in [1.807, 2.05) is 54.6 Å². The second kappa shape index (κ2) is 8.39. The van der Waals surface area contributed by atoms with Crippen LogP contribution in [0.3, 0.4) is 0 Å². The molecule has 6 heteroatoms. The number of para-hydroxylation sites is 2. The molecule has 0 spiro atoms. The quantitative estimate of drug-likeness (QED) is 0.664. The first-order chi connectivity index (χ1) is 13.3. The molecule has 0 radical (unpaired) electrons. The Labute approximate surface area is 163 Å². The van der Waals surface area contributed by atoms with Crippen molar-refractivity contribution in [3.8, 4) is 0 Å². The highest BCUT2D eigenvalue weighted by molar-refractivity contribution is 8.00. The summed E-state index contributed by atoms with van der Waals surface area (Å²) in [7, 11) is 0. The van der Waals surface area contributed by atoms with E-state index in [1.54, 1.807) is 0 Å². The predicted octanol–water partition coefficient (Wildman–Crippen LogP) is 3.64. The second-order valence-electron chi connectivity index (χ2n) is 6.59. The number of carbonyl (C=O) groups excluding carboxylic acids is 1. The van der Waals surface area contributed by atoms with E-state index in [1.165, 1.54) is 24.6 Å². The van der Waals surface area contributed by atoms with Crippen molar-refractivity contribution in [1.82, 2.24) is 15.3 Å². The number of benzene rings is 2. The second-order valence-corrected chi connectivity index (χ2v) is 7.55. The summed E-state index contributed by atoms with van der Waals surface area (Å²) in [6.45, 7) is 2.55. The molecule has 27 heavy (non-hydrogen) atoms. The van der Waals surface area contributed by atoms with E-state index in [0.717, 1.165) is 40.5 Å². The molecule has 0 bridgehead atoms. The molecule has 2 heterocycles. The van der Waals surface area contributed by atoms with Crippen molar-refractivity contribution in [3.63, 3.8) is 0 Å². The zero-order chi connectivity index (χ0) is 18.5. The van der Waals surface area contributed by atoms with Crippen LogP contribution in [-0.4, -0.2) is 34.7 Å². The average molecular weight is 379 g/mol. The molecule has 1 aromatic heterocycles. The minimum absolute atomic E-state index is 0.00573. The van der Waals surface area contributed by atoms with E-state index in [0.29, 0.717) is 12.3 Å². The summed E-state index contributed by atoms with van der Waals surface area (Å²) in [5, 5.41) is 3.81. The first-order valence-electron chi connectivity index (χ1n) is 9.25. The largest absolute Gasteiger partial charge is 0.354 e. The van der Waals surface area contributed by atoms with Gasteiger partial charge < -0.3 is 10.2 Å². The van der Waals surface area contributed by atoms with Crippen LogP contribution >= 0.6 is 11.8 Å². The van der Waals surface area contributed by atoms with Crippen LogP contribution < -0.4 is 10.2 Å². The Kier molecular flexibility index (Phi) is 5.53. The van der Waals surface area contributed by atoms with Crippen molar-refractivity contribution in [2.24, 2.45) is 0 Å². The Morgan fingerprint density at radius 1 is 0.963 bits per heavy atom. The van der Waals surface area contributed by atoms with Crippen LogP contribution in [0.25, 0.3) is 11.0 Å². The molecule has 1 amide bonds. The molecule has 0 aliphatic carbocycles. The maximum absolute atomic E-state index is 12.3. The van der Waals surface area contributed by atoms with Crippen molar-refractivity contribution in [1.29, 1.82) is 0 Å². The lowest BCUT2D eigenvalue weighted by atomic mass is 10.2. The third-order valence-corrected chi connectivity index (χ3v) is 5.55. The van der Waals surface area contributed by atoms with Crippen LogP contribution in [0.1, 0.15) is 18.4 Å². The van der Waals surface area contributed by atoms with Gasteiger partial charge in [-0.3, -0.25) is 4.79 Å². The summed E-state index contributed by atoms with van der Waals surface area (Å²) in [6.07, 6.45) is 2.35. The summed E-state index contributed by atoms with van der Waals surface area (Å²) in [4.78, 5) is 24.2. The summed E-state index contributed by atoms with van der Waals surface area (Å²) < 4.78 is 0. The zero-order valence-corrected chi connectivity index (χ0v) is 15.9. The summed E-state index contributed by atoms with van der Waals surface area (Å²) >= 11 is 1.46. The van der Waals surface area contributed by atoms with Gasteiger partial charge >= 0.3 is 0 Å². The first-order valence-corrected chi connectivity index (χ1v) is 10.2. The Balaban J connectivity index is 1.46. The fourth-order valence-corrected chi connectivity index (χ4v) is 4.02. The molecule has 1 aliphatic heterocycles. The number of fused-ring (bicyclic) bond motifs is 1. The van der Waals surface area contributed by atoms with Crippen LogP contribution in [0.5, 0.6) is 0 Å². The minimum atomic E-state index is 0.00573. The third-order valence-electron chi connectivity index (χ3n) is 4.60. The Morgan fingerprint density at radius 3 is 2.37 bits per heavy atom. The van der Waals surface area contributed by atoms with Gasteiger partial charge in [-0.1, -0.05) is 54.2 Å². The molecule has 0 unspecified atom stereocenters. The number of anilines is 1. The molecule has 1 fully saturated rings. The van der Waals surface area contributed by atoms with Gasteiger partial charge in [-0.05, 0) is 30.5 Å². The number of nitrogens with one attached hydrogen (secondary N) is 1. The lowest BCUT2D eigenvalue weighted by Gasteiger charge is -2.19. The van der Waals surface area contributed by atoms with Crippen molar-refractivity contribution in [3.05, 3.63) is 60.2 Å². The van der Waals surface area contributed by atoms with Gasteiger partial charge in [0.2, 0.25) is 5.91 Å². The molecule has 1 aliphatic rings. The standard InChI is InChI=1S/C21H22N4OS/c26-19(22-14-16-8-2-1-3-9-16)15-27-21-20(25-12-6-7-13-25)23-17-10-4-5-11-18(17)24-21/h1-5,8-11H,6-7,12-15H2,(H,22,26). The lowest BCUT2D eigenvalue weighted by Crippen LogP contribution is -2.25. The van der Waals surface area contributed by atoms with Gasteiger partial charge in [-0.15, -0.1) is 0 Å². The Morgan fingerprint density at radius 2 is 1.63 bits per heavy atom. The number of carbonyl (C=O) groups is 1. The van der Waals surface area contributed by atoms with Crippen molar-refractivity contribution < 1.29 is 4.79 Å². The number of amides is 1. The first kappa shape index (κ1) is 17.8. The van der Waals surface area contributed by atoms with E-state index in [2.05, 4.69) is 10.2 Å². The molecule has 5 nitrogen and oxygen atoms in total. The van der Waals surface area contributed by atoms with Crippen LogP contribution in [0.15, 0.2) is 59.6 Å². The van der Waals surface area contributed by atoms with E-state index in [4.69, 9.17) is 9.97 Å². The van der Waals surface area contributed by atoms with Gasteiger partial charge in [0.1, 0.15) is 5.03 Å². The Hall–Kier alpha value is -2.60. The molecule has 1 N–H and O–H groups in total. The van der Waals surface area contributed by atoms with E-state index < -0.39 is 0 Å². The number of thioether (sulfide) groups is 1. The number of aromatic nitrogens is 2. The molecule has 0 saturated carbocycles. The third kappa shape index (κ3) is 4.39. The van der Waals surface area contributed by atoms with Gasteiger partial charge in [-0.25, -0.2) is 9.97 Å². The molecule has 4 rings (SSSR count). The van der Waals surface area contributed by atoms with Gasteiger partial charge in [0.05, 0.1) is 16.8 Å². The molecular weight excluding hydrogens is 356 g/mol. The molecule has 3 aromatic rings. The number of hydrogen-bond donors (Lipinski definition) is 1. The molecule has 138 valence electrons. The fourth-order valence-electron chi connectivity index (χ4n) is 3.19. The normalized spacial score (nSPS) is 13.9. The fraction of sp³-hybridized carbons (Fsp3) is 0.286. The zero-order valence-electron chi connectivity index (χ0n) is 15.1. The summed E-state index contributed by atoms with van der Waals surface area (Å²) in [6, 6.07) is 17.8. The highest BCUT2D eigenvalue weighted by Crippen LogP contribution is 2.30. The minimum Gasteiger partial charge on any atom is -0.354 e.